The van der Waals surface area contributed by atoms with Gasteiger partial charge in [0.15, 0.2) is 5.82 Å². The zero-order valence-corrected chi connectivity index (χ0v) is 20.6. The molecular weight excluding hydrogens is 442 g/mol. The fourth-order valence-electron chi connectivity index (χ4n) is 5.59. The number of rotatable bonds is 6. The second kappa shape index (κ2) is 10.3. The van der Waals surface area contributed by atoms with E-state index in [9.17, 15) is 4.79 Å². The first-order chi connectivity index (χ1) is 17.1. The molecule has 5 rings (SSSR count). The maximum absolute atomic E-state index is 12.9. The average Bonchev–Trinajstić information content (AvgIpc) is 3.58. The Morgan fingerprint density at radius 3 is 2.66 bits per heavy atom. The van der Waals surface area contributed by atoms with Crippen molar-refractivity contribution in [2.75, 3.05) is 56.2 Å². The third kappa shape index (κ3) is 5.19. The normalized spacial score (nSPS) is 21.1. The molecule has 3 fully saturated rings. The number of ether oxygens (including phenoxy) is 1. The van der Waals surface area contributed by atoms with Gasteiger partial charge in [-0.15, -0.1) is 0 Å². The van der Waals surface area contributed by atoms with Crippen LogP contribution in [-0.2, 0) is 10.2 Å². The monoisotopic (exact) mass is 477 g/mol. The lowest BCUT2D eigenvalue weighted by Crippen LogP contribution is -2.45. The molecule has 1 amide bonds. The summed E-state index contributed by atoms with van der Waals surface area (Å²) in [5, 5.41) is 3.01. The zero-order chi connectivity index (χ0) is 24.3. The molecule has 0 saturated carbocycles. The highest BCUT2D eigenvalue weighted by Crippen LogP contribution is 2.38. The maximum atomic E-state index is 12.9. The van der Waals surface area contributed by atoms with Crippen LogP contribution < -0.4 is 10.2 Å². The Hall–Kier alpha value is -2.96. The molecule has 2 aromatic rings. The number of aromatic nitrogens is 3. The summed E-state index contributed by atoms with van der Waals surface area (Å²) in [6.07, 6.45) is 8.06. The van der Waals surface area contributed by atoms with Crippen molar-refractivity contribution in [2.24, 2.45) is 5.92 Å². The van der Waals surface area contributed by atoms with Crippen molar-refractivity contribution in [1.29, 1.82) is 0 Å². The molecule has 0 radical (unpaired) electrons. The first-order valence-electron chi connectivity index (χ1n) is 12.9. The number of aromatic amines is 1. The number of nitrogens with zero attached hydrogens (tertiary/aromatic N) is 5. The Bertz CT molecular complexity index is 1070. The quantitative estimate of drug-likeness (QED) is 0.612. The molecule has 0 bridgehead atoms. The zero-order valence-electron chi connectivity index (χ0n) is 20.6. The molecular formula is C26H35N7O2. The molecule has 9 nitrogen and oxygen atoms in total. The molecule has 3 aliphatic heterocycles. The topological polar surface area (TPSA) is 90.7 Å². The van der Waals surface area contributed by atoms with Crippen LogP contribution in [0.5, 0.6) is 0 Å². The number of amides is 1. The number of hydrogen-bond acceptors (Lipinski definition) is 6. The van der Waals surface area contributed by atoms with Gasteiger partial charge in [0.2, 0.25) is 5.82 Å². The van der Waals surface area contributed by atoms with Gasteiger partial charge in [-0.3, -0.25) is 9.78 Å². The Morgan fingerprint density at radius 1 is 1.23 bits per heavy atom. The van der Waals surface area contributed by atoms with Gasteiger partial charge >= 0.3 is 5.91 Å². The number of piperidine rings is 1. The second-order valence-corrected chi connectivity index (χ2v) is 10.3. The van der Waals surface area contributed by atoms with E-state index in [1.54, 1.807) is 0 Å². The van der Waals surface area contributed by atoms with Crippen molar-refractivity contribution in [2.45, 2.75) is 50.9 Å². The molecule has 0 atom stereocenters. The Labute approximate surface area is 207 Å². The van der Waals surface area contributed by atoms with E-state index >= 15 is 0 Å². The Kier molecular flexibility index (Phi) is 7.02. The summed E-state index contributed by atoms with van der Waals surface area (Å²) >= 11 is 0. The average molecular weight is 478 g/mol. The van der Waals surface area contributed by atoms with Crippen LogP contribution in [0.25, 0.3) is 4.85 Å². The number of carbonyl (C=O) groups excluding carboxylic acids is 1. The van der Waals surface area contributed by atoms with Crippen LogP contribution in [0.1, 0.15) is 61.8 Å². The number of pyridine rings is 1. The lowest BCUT2D eigenvalue weighted by atomic mass is 9.76. The number of anilines is 2. The third-order valence-corrected chi connectivity index (χ3v) is 7.82. The van der Waals surface area contributed by atoms with Crippen LogP contribution in [0.3, 0.4) is 0 Å². The number of hydrogen-bond donors (Lipinski definition) is 2. The molecule has 186 valence electrons. The van der Waals surface area contributed by atoms with Crippen molar-refractivity contribution in [3.63, 3.8) is 0 Å². The summed E-state index contributed by atoms with van der Waals surface area (Å²) in [6.45, 7) is 16.1. The van der Waals surface area contributed by atoms with Gasteiger partial charge in [-0.1, -0.05) is 13.5 Å². The molecule has 2 N–H and O–H groups in total. The minimum Gasteiger partial charge on any atom is -0.381 e. The summed E-state index contributed by atoms with van der Waals surface area (Å²) in [5.74, 6) is 1.55. The van der Waals surface area contributed by atoms with Gasteiger partial charge in [-0.25, -0.2) is 9.97 Å². The van der Waals surface area contributed by atoms with Crippen LogP contribution in [0.15, 0.2) is 18.3 Å². The van der Waals surface area contributed by atoms with Crippen molar-refractivity contribution in [3.05, 3.63) is 41.3 Å². The first kappa shape index (κ1) is 23.8. The summed E-state index contributed by atoms with van der Waals surface area (Å²) < 4.78 is 5.76. The second-order valence-electron chi connectivity index (χ2n) is 10.3. The third-order valence-electron chi connectivity index (χ3n) is 7.82. The lowest BCUT2D eigenvalue weighted by Gasteiger charge is -2.40. The molecule has 2 aromatic heterocycles. The molecule has 3 saturated heterocycles. The first-order valence-corrected chi connectivity index (χ1v) is 12.9. The molecule has 35 heavy (non-hydrogen) atoms. The highest BCUT2D eigenvalue weighted by Gasteiger charge is 2.39. The van der Waals surface area contributed by atoms with E-state index in [4.69, 9.17) is 16.3 Å². The number of imidazole rings is 1. The maximum Gasteiger partial charge on any atom is 0.314 e. The van der Waals surface area contributed by atoms with Gasteiger partial charge in [0.25, 0.3) is 5.82 Å². The van der Waals surface area contributed by atoms with E-state index in [0.29, 0.717) is 11.6 Å². The Balaban J connectivity index is 1.47. The summed E-state index contributed by atoms with van der Waals surface area (Å²) in [6, 6.07) is 4.10. The SMILES string of the molecule is [C-]#[N+]c1cnc(C(=O)Nc2ccc(C3(CN4CCCC4)CCOCC3)nc2N2CCC(C)CC2)[nH]1. The molecule has 0 aromatic carbocycles. The lowest BCUT2D eigenvalue weighted by molar-refractivity contribution is 0.0354. The summed E-state index contributed by atoms with van der Waals surface area (Å²) in [4.78, 5) is 33.2. The minimum absolute atomic E-state index is 0.0332. The van der Waals surface area contributed by atoms with E-state index in [1.807, 2.05) is 6.07 Å². The Morgan fingerprint density at radius 2 is 1.97 bits per heavy atom. The van der Waals surface area contributed by atoms with E-state index in [0.717, 1.165) is 83.1 Å². The summed E-state index contributed by atoms with van der Waals surface area (Å²) in [7, 11) is 0. The van der Waals surface area contributed by atoms with E-state index in [1.165, 1.54) is 19.0 Å². The van der Waals surface area contributed by atoms with Gasteiger partial charge in [0.1, 0.15) is 0 Å². The molecule has 0 spiro atoms. The standard InChI is InChI=1S/C26H35N7O2/c1-19-7-13-33(14-8-19)24-20(29-25(34)23-28-17-22(27-2)31-23)5-6-21(30-24)26(9-15-35-16-10-26)18-32-11-3-4-12-32/h5-6,17,19H,3-4,7-16,18H2,1H3,(H,28,31)(H,29,34). The van der Waals surface area contributed by atoms with Gasteiger partial charge in [-0.2, -0.15) is 0 Å². The van der Waals surface area contributed by atoms with Gasteiger partial charge in [0.05, 0.1) is 17.6 Å². The van der Waals surface area contributed by atoms with Crippen molar-refractivity contribution >= 4 is 23.2 Å². The van der Waals surface area contributed by atoms with E-state index < -0.39 is 0 Å². The molecule has 0 unspecified atom stereocenters. The molecule has 3 aliphatic rings. The fraction of sp³-hybridized carbons (Fsp3) is 0.615. The van der Waals surface area contributed by atoms with Gasteiger partial charge in [-0.05, 0) is 69.7 Å². The minimum atomic E-state index is -0.362. The van der Waals surface area contributed by atoms with Crippen LogP contribution in [0.4, 0.5) is 17.3 Å². The van der Waals surface area contributed by atoms with Crippen molar-refractivity contribution in [1.82, 2.24) is 19.9 Å². The molecule has 9 heteroatoms. The number of nitrogens with one attached hydrogen (secondary N) is 2. The van der Waals surface area contributed by atoms with Crippen molar-refractivity contribution in [3.8, 4) is 0 Å². The predicted octanol–water partition coefficient (Wildman–Crippen LogP) is 3.99. The highest BCUT2D eigenvalue weighted by molar-refractivity contribution is 6.03. The molecule has 5 heterocycles. The van der Waals surface area contributed by atoms with Gasteiger partial charge < -0.3 is 24.7 Å². The van der Waals surface area contributed by atoms with Crippen LogP contribution in [0.2, 0.25) is 0 Å². The predicted molar refractivity (Wildman–Crippen MR) is 135 cm³/mol. The van der Waals surface area contributed by atoms with Gasteiger partial charge in [0, 0.05) is 38.3 Å². The highest BCUT2D eigenvalue weighted by atomic mass is 16.5. The van der Waals surface area contributed by atoms with Crippen LogP contribution in [-0.4, -0.2) is 71.7 Å². The number of likely N-dealkylation sites (tertiary alicyclic amines) is 1. The number of carbonyl (C=O) groups is 1. The summed E-state index contributed by atoms with van der Waals surface area (Å²) in [5.41, 5.74) is 1.76. The molecule has 0 aliphatic carbocycles. The van der Waals surface area contributed by atoms with Crippen molar-refractivity contribution < 1.29 is 9.53 Å². The van der Waals surface area contributed by atoms with Crippen LogP contribution in [0, 0.1) is 12.5 Å². The number of H-pyrrole nitrogens is 1. The smallest absolute Gasteiger partial charge is 0.314 e. The van der Waals surface area contributed by atoms with E-state index in [2.05, 4.69) is 42.9 Å². The fourth-order valence-corrected chi connectivity index (χ4v) is 5.59. The van der Waals surface area contributed by atoms with Crippen LogP contribution >= 0.6 is 0 Å². The largest absolute Gasteiger partial charge is 0.381 e. The van der Waals surface area contributed by atoms with E-state index in [-0.39, 0.29) is 23.0 Å².